The number of ether oxygens (including phenoxy) is 1. The van der Waals surface area contributed by atoms with Crippen LogP contribution in [-0.4, -0.2) is 33.2 Å². The molecule has 0 heterocycles. The number of hydrogen-bond acceptors (Lipinski definition) is 5. The second-order valence-corrected chi connectivity index (χ2v) is 10.4. The molecule has 3 rings (SSSR count). The smallest absolute Gasteiger partial charge is 0.338 e. The lowest BCUT2D eigenvalue weighted by atomic mass is 10.1. The van der Waals surface area contributed by atoms with Crippen molar-refractivity contribution in [3.8, 4) is 0 Å². The summed E-state index contributed by atoms with van der Waals surface area (Å²) in [7, 11) is -3.68. The average molecular weight is 535 g/mol. The van der Waals surface area contributed by atoms with Crippen LogP contribution in [0.15, 0.2) is 60.7 Å². The SMILES string of the molecule is CCOC(=O)c1cccc(NC(=O)c2ccc(N(Cc3c(Cl)cccc3Cl)S(C)(=O)=O)cc2)c1C. The predicted molar refractivity (Wildman–Crippen MR) is 139 cm³/mol. The summed E-state index contributed by atoms with van der Waals surface area (Å²) in [5, 5.41) is 3.48. The number of benzene rings is 3. The summed E-state index contributed by atoms with van der Waals surface area (Å²) in [5.41, 5.74) is 2.54. The Morgan fingerprint density at radius 3 is 2.14 bits per heavy atom. The van der Waals surface area contributed by atoms with Gasteiger partial charge in [-0.3, -0.25) is 9.10 Å². The molecule has 184 valence electrons. The summed E-state index contributed by atoms with van der Waals surface area (Å²) < 4.78 is 31.2. The zero-order valence-corrected chi connectivity index (χ0v) is 21.7. The lowest BCUT2D eigenvalue weighted by Gasteiger charge is -2.24. The molecule has 0 aliphatic heterocycles. The molecule has 0 saturated carbocycles. The summed E-state index contributed by atoms with van der Waals surface area (Å²) in [6.07, 6.45) is 1.08. The molecular weight excluding hydrogens is 511 g/mol. The van der Waals surface area contributed by atoms with E-state index in [2.05, 4.69) is 5.32 Å². The Kier molecular flexibility index (Phi) is 8.43. The van der Waals surface area contributed by atoms with Crippen molar-refractivity contribution in [2.75, 3.05) is 22.5 Å². The third-order valence-corrected chi connectivity index (χ3v) is 7.11. The van der Waals surface area contributed by atoms with E-state index in [1.807, 2.05) is 0 Å². The number of halogens is 2. The molecule has 0 aliphatic rings. The topological polar surface area (TPSA) is 92.8 Å². The molecule has 1 amide bonds. The third-order valence-electron chi connectivity index (χ3n) is 5.26. The summed E-state index contributed by atoms with van der Waals surface area (Å²) in [6, 6.07) is 16.0. The molecule has 10 heteroatoms. The van der Waals surface area contributed by atoms with Gasteiger partial charge in [-0.05, 0) is 67.9 Å². The molecule has 1 N–H and O–H groups in total. The Bertz CT molecular complexity index is 1340. The van der Waals surface area contributed by atoms with Crippen molar-refractivity contribution in [2.24, 2.45) is 0 Å². The molecule has 0 atom stereocenters. The lowest BCUT2D eigenvalue weighted by molar-refractivity contribution is 0.0525. The number of amides is 1. The van der Waals surface area contributed by atoms with Crippen LogP contribution < -0.4 is 9.62 Å². The van der Waals surface area contributed by atoms with Crippen LogP contribution in [0, 0.1) is 6.92 Å². The Labute approximate surface area is 214 Å². The lowest BCUT2D eigenvalue weighted by Crippen LogP contribution is -2.29. The van der Waals surface area contributed by atoms with Gasteiger partial charge in [0, 0.05) is 26.9 Å². The van der Waals surface area contributed by atoms with Gasteiger partial charge in [0.05, 0.1) is 30.7 Å². The first-order valence-corrected chi connectivity index (χ1v) is 13.2. The van der Waals surface area contributed by atoms with Crippen LogP contribution in [0.25, 0.3) is 0 Å². The molecule has 0 fully saturated rings. The number of hydrogen-bond donors (Lipinski definition) is 1. The van der Waals surface area contributed by atoms with Crippen LogP contribution in [0.4, 0.5) is 11.4 Å². The minimum atomic E-state index is -3.68. The number of esters is 1. The van der Waals surface area contributed by atoms with Crippen molar-refractivity contribution < 1.29 is 22.7 Å². The number of carbonyl (C=O) groups is 2. The first kappa shape index (κ1) is 26.5. The van der Waals surface area contributed by atoms with Crippen molar-refractivity contribution >= 4 is 56.5 Å². The van der Waals surface area contributed by atoms with Crippen LogP contribution in [0.1, 0.15) is 38.8 Å². The highest BCUT2D eigenvalue weighted by Crippen LogP contribution is 2.29. The fourth-order valence-electron chi connectivity index (χ4n) is 3.40. The maximum atomic E-state index is 12.8. The fraction of sp³-hybridized carbons (Fsp3) is 0.200. The quantitative estimate of drug-likeness (QED) is 0.374. The molecule has 0 bridgehead atoms. The van der Waals surface area contributed by atoms with Gasteiger partial charge in [0.2, 0.25) is 10.0 Å². The first-order chi connectivity index (χ1) is 16.5. The summed E-state index contributed by atoms with van der Waals surface area (Å²) >= 11 is 12.5. The number of nitrogens with zero attached hydrogens (tertiary/aromatic N) is 1. The Hall–Kier alpha value is -3.07. The number of anilines is 2. The summed E-state index contributed by atoms with van der Waals surface area (Å²) in [4.78, 5) is 25.0. The van der Waals surface area contributed by atoms with Gasteiger partial charge in [-0.15, -0.1) is 0 Å². The molecule has 35 heavy (non-hydrogen) atoms. The number of sulfonamides is 1. The third kappa shape index (κ3) is 6.33. The second-order valence-electron chi connectivity index (χ2n) is 7.67. The highest BCUT2D eigenvalue weighted by Gasteiger charge is 2.21. The van der Waals surface area contributed by atoms with Crippen molar-refractivity contribution in [1.29, 1.82) is 0 Å². The molecule has 0 aromatic heterocycles. The molecule has 0 unspecified atom stereocenters. The van der Waals surface area contributed by atoms with Gasteiger partial charge in [0.15, 0.2) is 0 Å². The van der Waals surface area contributed by atoms with Gasteiger partial charge < -0.3 is 10.1 Å². The van der Waals surface area contributed by atoms with Crippen molar-refractivity contribution in [3.05, 3.63) is 93.0 Å². The van der Waals surface area contributed by atoms with Gasteiger partial charge >= 0.3 is 5.97 Å². The van der Waals surface area contributed by atoms with Crippen molar-refractivity contribution in [3.63, 3.8) is 0 Å². The minimum Gasteiger partial charge on any atom is -0.462 e. The van der Waals surface area contributed by atoms with E-state index in [1.54, 1.807) is 50.2 Å². The second kappa shape index (κ2) is 11.1. The van der Waals surface area contributed by atoms with E-state index in [0.717, 1.165) is 10.6 Å². The number of carbonyl (C=O) groups excluding carboxylic acids is 2. The number of nitrogens with one attached hydrogen (secondary N) is 1. The van der Waals surface area contributed by atoms with E-state index in [1.165, 1.54) is 24.3 Å². The van der Waals surface area contributed by atoms with Crippen LogP contribution in [0.5, 0.6) is 0 Å². The maximum absolute atomic E-state index is 12.8. The van der Waals surface area contributed by atoms with Crippen LogP contribution in [0.2, 0.25) is 10.0 Å². The van der Waals surface area contributed by atoms with E-state index in [9.17, 15) is 18.0 Å². The van der Waals surface area contributed by atoms with Crippen LogP contribution in [0.3, 0.4) is 0 Å². The fourth-order valence-corrected chi connectivity index (χ4v) is 4.79. The molecule has 0 aliphatic carbocycles. The Balaban J connectivity index is 1.84. The zero-order chi connectivity index (χ0) is 25.8. The van der Waals surface area contributed by atoms with Crippen LogP contribution >= 0.6 is 23.2 Å². The summed E-state index contributed by atoms with van der Waals surface area (Å²) in [6.45, 7) is 3.61. The van der Waals surface area contributed by atoms with E-state index < -0.39 is 21.9 Å². The monoisotopic (exact) mass is 534 g/mol. The van der Waals surface area contributed by atoms with E-state index >= 15 is 0 Å². The van der Waals surface area contributed by atoms with Crippen molar-refractivity contribution in [1.82, 2.24) is 0 Å². The molecule has 0 spiro atoms. The minimum absolute atomic E-state index is 0.0667. The van der Waals surface area contributed by atoms with Gasteiger partial charge in [-0.25, -0.2) is 13.2 Å². The average Bonchev–Trinajstić information content (AvgIpc) is 2.79. The van der Waals surface area contributed by atoms with Crippen LogP contribution in [-0.2, 0) is 21.3 Å². The van der Waals surface area contributed by atoms with Gasteiger partial charge in [-0.2, -0.15) is 0 Å². The Morgan fingerprint density at radius 1 is 0.971 bits per heavy atom. The van der Waals surface area contributed by atoms with E-state index in [-0.39, 0.29) is 13.2 Å². The van der Waals surface area contributed by atoms with Crippen molar-refractivity contribution in [2.45, 2.75) is 20.4 Å². The Morgan fingerprint density at radius 2 is 1.57 bits per heavy atom. The predicted octanol–water partition coefficient (Wildman–Crippen LogP) is 5.70. The molecule has 0 radical (unpaired) electrons. The molecule has 0 saturated heterocycles. The van der Waals surface area contributed by atoms with Gasteiger partial charge in [0.25, 0.3) is 5.91 Å². The van der Waals surface area contributed by atoms with E-state index in [0.29, 0.717) is 43.7 Å². The largest absolute Gasteiger partial charge is 0.462 e. The molecule has 7 nitrogen and oxygen atoms in total. The van der Waals surface area contributed by atoms with E-state index in [4.69, 9.17) is 27.9 Å². The van der Waals surface area contributed by atoms with Gasteiger partial charge in [-0.1, -0.05) is 35.3 Å². The molecule has 3 aromatic carbocycles. The number of rotatable bonds is 8. The zero-order valence-electron chi connectivity index (χ0n) is 19.3. The maximum Gasteiger partial charge on any atom is 0.338 e. The highest BCUT2D eigenvalue weighted by atomic mass is 35.5. The summed E-state index contributed by atoms with van der Waals surface area (Å²) in [5.74, 6) is -0.884. The standard InChI is InChI=1S/C25H24Cl2N2O5S/c1-4-34-25(31)19-7-5-10-23(16(19)2)28-24(30)17-11-13-18(14-12-17)29(35(3,32)33)15-20-21(26)8-6-9-22(20)27/h5-14H,4,15H2,1-3H3,(H,28,30). The highest BCUT2D eigenvalue weighted by molar-refractivity contribution is 7.92. The normalized spacial score (nSPS) is 11.1. The van der Waals surface area contributed by atoms with Gasteiger partial charge in [0.1, 0.15) is 0 Å². The molecule has 3 aromatic rings. The first-order valence-electron chi connectivity index (χ1n) is 10.6. The molecular formula is C25H24Cl2N2O5S.